The molecule has 0 aromatic heterocycles. The fraction of sp³-hybridized carbons (Fsp3) is 0.364. The minimum Gasteiger partial charge on any atom is -0.480 e. The monoisotopic (exact) mass is 333 g/mol. The molecular formula is C11H12BrNO4S. The van der Waals surface area contributed by atoms with Crippen LogP contribution in [0.2, 0.25) is 0 Å². The maximum Gasteiger partial charge on any atom is 0.322 e. The molecule has 1 aliphatic rings. The van der Waals surface area contributed by atoms with E-state index in [1.807, 2.05) is 0 Å². The molecule has 1 aromatic carbocycles. The van der Waals surface area contributed by atoms with E-state index < -0.39 is 22.0 Å². The Kier molecular flexibility index (Phi) is 3.74. The van der Waals surface area contributed by atoms with Crippen LogP contribution in [-0.2, 0) is 14.8 Å². The number of rotatable bonds is 3. The SMILES string of the molecule is O=C(O)C1CCCN1S(=O)(=O)c1ccc(Br)cc1. The quantitative estimate of drug-likeness (QED) is 0.913. The van der Waals surface area contributed by atoms with Gasteiger partial charge in [-0.15, -0.1) is 0 Å². The first-order chi connectivity index (χ1) is 8.43. The summed E-state index contributed by atoms with van der Waals surface area (Å²) in [5.74, 6) is -1.09. The number of halogens is 1. The molecule has 1 N–H and O–H groups in total. The first-order valence-electron chi connectivity index (χ1n) is 5.43. The molecule has 0 saturated carbocycles. The van der Waals surface area contributed by atoms with Crippen LogP contribution in [-0.4, -0.2) is 36.4 Å². The summed E-state index contributed by atoms with van der Waals surface area (Å²) in [4.78, 5) is 11.2. The Hall–Kier alpha value is -0.920. The number of hydrogen-bond donors (Lipinski definition) is 1. The highest BCUT2D eigenvalue weighted by Gasteiger charge is 2.39. The molecular weight excluding hydrogens is 322 g/mol. The number of hydrogen-bond acceptors (Lipinski definition) is 3. The van der Waals surface area contributed by atoms with Gasteiger partial charge in [0.15, 0.2) is 0 Å². The molecule has 1 fully saturated rings. The largest absolute Gasteiger partial charge is 0.480 e. The number of aliphatic carboxylic acids is 1. The van der Waals surface area contributed by atoms with Crippen molar-refractivity contribution in [3.8, 4) is 0 Å². The van der Waals surface area contributed by atoms with Gasteiger partial charge in [-0.1, -0.05) is 15.9 Å². The lowest BCUT2D eigenvalue weighted by atomic mass is 10.2. The Morgan fingerprint density at radius 1 is 1.33 bits per heavy atom. The molecule has 1 aromatic rings. The van der Waals surface area contributed by atoms with Crippen molar-refractivity contribution in [1.29, 1.82) is 0 Å². The summed E-state index contributed by atoms with van der Waals surface area (Å²) in [6.45, 7) is 0.259. The van der Waals surface area contributed by atoms with Gasteiger partial charge in [-0.2, -0.15) is 4.31 Å². The van der Waals surface area contributed by atoms with Gasteiger partial charge in [0.05, 0.1) is 4.90 Å². The highest BCUT2D eigenvalue weighted by atomic mass is 79.9. The van der Waals surface area contributed by atoms with Crippen molar-refractivity contribution in [2.75, 3.05) is 6.54 Å². The zero-order chi connectivity index (χ0) is 13.3. The molecule has 1 saturated heterocycles. The van der Waals surface area contributed by atoms with Gasteiger partial charge >= 0.3 is 5.97 Å². The summed E-state index contributed by atoms with van der Waals surface area (Å²) in [6.07, 6.45) is 0.942. The van der Waals surface area contributed by atoms with Crippen LogP contribution in [0.5, 0.6) is 0 Å². The molecule has 1 unspecified atom stereocenters. The molecule has 5 nitrogen and oxygen atoms in total. The molecule has 0 spiro atoms. The maximum atomic E-state index is 12.3. The molecule has 1 heterocycles. The van der Waals surface area contributed by atoms with Crippen LogP contribution in [0, 0.1) is 0 Å². The summed E-state index contributed by atoms with van der Waals surface area (Å²) in [5, 5.41) is 9.02. The predicted octanol–water partition coefficient (Wildman–Crippen LogP) is 1.69. The molecule has 0 amide bonds. The molecule has 0 radical (unpaired) electrons. The maximum absolute atomic E-state index is 12.3. The van der Waals surface area contributed by atoms with E-state index in [9.17, 15) is 13.2 Å². The van der Waals surface area contributed by atoms with E-state index in [0.29, 0.717) is 12.8 Å². The van der Waals surface area contributed by atoms with E-state index in [4.69, 9.17) is 5.11 Å². The molecule has 0 aliphatic carbocycles. The second-order valence-corrected chi connectivity index (χ2v) is 6.87. The number of benzene rings is 1. The Labute approximate surface area is 114 Å². The van der Waals surface area contributed by atoms with Crippen molar-refractivity contribution < 1.29 is 18.3 Å². The number of carbonyl (C=O) groups is 1. The first-order valence-corrected chi connectivity index (χ1v) is 7.66. The van der Waals surface area contributed by atoms with Gasteiger partial charge in [-0.3, -0.25) is 4.79 Å². The van der Waals surface area contributed by atoms with E-state index in [0.717, 1.165) is 8.78 Å². The zero-order valence-corrected chi connectivity index (χ0v) is 11.8. The van der Waals surface area contributed by atoms with Crippen molar-refractivity contribution in [2.45, 2.75) is 23.8 Å². The molecule has 98 valence electrons. The van der Waals surface area contributed by atoms with Crippen molar-refractivity contribution in [3.05, 3.63) is 28.7 Å². The molecule has 18 heavy (non-hydrogen) atoms. The van der Waals surface area contributed by atoms with E-state index in [-0.39, 0.29) is 11.4 Å². The summed E-state index contributed by atoms with van der Waals surface area (Å²) in [7, 11) is -3.72. The summed E-state index contributed by atoms with van der Waals surface area (Å²) in [6, 6.07) is 5.24. The number of sulfonamides is 1. The first kappa shape index (κ1) is 13.5. The second-order valence-electron chi connectivity index (χ2n) is 4.07. The van der Waals surface area contributed by atoms with E-state index in [1.54, 1.807) is 12.1 Å². The van der Waals surface area contributed by atoms with Gasteiger partial charge < -0.3 is 5.11 Å². The minimum atomic E-state index is -3.72. The Bertz CT molecular complexity index is 555. The molecule has 7 heteroatoms. The molecule has 1 aliphatic heterocycles. The van der Waals surface area contributed by atoms with Crippen molar-refractivity contribution in [1.82, 2.24) is 4.31 Å². The van der Waals surface area contributed by atoms with Gasteiger partial charge in [0.1, 0.15) is 6.04 Å². The van der Waals surface area contributed by atoms with E-state index >= 15 is 0 Å². The van der Waals surface area contributed by atoms with E-state index in [2.05, 4.69) is 15.9 Å². The van der Waals surface area contributed by atoms with Crippen molar-refractivity contribution >= 4 is 31.9 Å². The lowest BCUT2D eigenvalue weighted by Crippen LogP contribution is -2.40. The second kappa shape index (κ2) is 4.99. The topological polar surface area (TPSA) is 74.7 Å². The summed E-state index contributed by atoms with van der Waals surface area (Å²) >= 11 is 3.23. The number of nitrogens with zero attached hydrogens (tertiary/aromatic N) is 1. The van der Waals surface area contributed by atoms with Gasteiger partial charge in [-0.25, -0.2) is 8.42 Å². The fourth-order valence-corrected chi connectivity index (χ4v) is 3.93. The van der Waals surface area contributed by atoms with Crippen LogP contribution in [0.1, 0.15) is 12.8 Å². The van der Waals surface area contributed by atoms with Crippen LogP contribution in [0.4, 0.5) is 0 Å². The summed E-state index contributed by atoms with van der Waals surface area (Å²) < 4.78 is 26.5. The van der Waals surface area contributed by atoms with Crippen LogP contribution in [0.25, 0.3) is 0 Å². The molecule has 2 rings (SSSR count). The highest BCUT2D eigenvalue weighted by molar-refractivity contribution is 9.10. The van der Waals surface area contributed by atoms with Crippen LogP contribution < -0.4 is 0 Å². The van der Waals surface area contributed by atoms with Crippen molar-refractivity contribution in [2.24, 2.45) is 0 Å². The summed E-state index contributed by atoms with van der Waals surface area (Å²) in [5.41, 5.74) is 0. The lowest BCUT2D eigenvalue weighted by Gasteiger charge is -2.20. The molecule has 1 atom stereocenters. The Morgan fingerprint density at radius 3 is 2.50 bits per heavy atom. The third kappa shape index (κ3) is 2.43. The van der Waals surface area contributed by atoms with Crippen LogP contribution >= 0.6 is 15.9 Å². The Morgan fingerprint density at radius 2 is 1.94 bits per heavy atom. The highest BCUT2D eigenvalue weighted by Crippen LogP contribution is 2.26. The van der Waals surface area contributed by atoms with Crippen LogP contribution in [0.3, 0.4) is 0 Å². The zero-order valence-electron chi connectivity index (χ0n) is 9.41. The average Bonchev–Trinajstić information content (AvgIpc) is 2.79. The van der Waals surface area contributed by atoms with Crippen LogP contribution in [0.15, 0.2) is 33.6 Å². The number of carboxylic acid groups (broad SMARTS) is 1. The third-order valence-electron chi connectivity index (χ3n) is 2.91. The van der Waals surface area contributed by atoms with Gasteiger partial charge in [0.25, 0.3) is 0 Å². The predicted molar refractivity (Wildman–Crippen MR) is 68.7 cm³/mol. The van der Waals surface area contributed by atoms with Gasteiger partial charge in [0.2, 0.25) is 10.0 Å². The standard InChI is InChI=1S/C11H12BrNO4S/c12-8-3-5-9(6-4-8)18(16,17)13-7-1-2-10(13)11(14)15/h3-6,10H,1-2,7H2,(H,14,15). The average molecular weight is 334 g/mol. The third-order valence-corrected chi connectivity index (χ3v) is 5.36. The lowest BCUT2D eigenvalue weighted by molar-refractivity contribution is -0.140. The Balaban J connectivity index is 2.36. The van der Waals surface area contributed by atoms with Crippen molar-refractivity contribution in [3.63, 3.8) is 0 Å². The smallest absolute Gasteiger partial charge is 0.322 e. The van der Waals surface area contributed by atoms with Gasteiger partial charge in [-0.05, 0) is 37.1 Å². The van der Waals surface area contributed by atoms with Gasteiger partial charge in [0, 0.05) is 11.0 Å². The van der Waals surface area contributed by atoms with E-state index in [1.165, 1.54) is 12.1 Å². The minimum absolute atomic E-state index is 0.124. The number of carboxylic acids is 1. The fourth-order valence-electron chi connectivity index (χ4n) is 2.02. The normalized spacial score (nSPS) is 21.1. The molecule has 0 bridgehead atoms.